The molecule has 15 heavy (non-hydrogen) atoms. The molecular weight excluding hydrogens is 258 g/mol. The topological polar surface area (TPSA) is 44.5 Å². The van der Waals surface area contributed by atoms with Gasteiger partial charge in [0.25, 0.3) is 0 Å². The maximum absolute atomic E-state index is 5.86. The predicted molar refractivity (Wildman–Crippen MR) is 63.0 cm³/mol. The molecular formula is C11H14BrNO2. The summed E-state index contributed by atoms with van der Waals surface area (Å²) in [7, 11) is 0. The SMILES string of the molecule is Nc1cccc(Br)c1OC1CCOCC1. The van der Waals surface area contributed by atoms with Gasteiger partial charge in [0.2, 0.25) is 0 Å². The van der Waals surface area contributed by atoms with E-state index >= 15 is 0 Å². The Kier molecular flexibility index (Phi) is 3.49. The first kappa shape index (κ1) is 10.8. The molecule has 0 spiro atoms. The highest BCUT2D eigenvalue weighted by molar-refractivity contribution is 9.10. The van der Waals surface area contributed by atoms with Crippen molar-refractivity contribution in [2.45, 2.75) is 18.9 Å². The van der Waals surface area contributed by atoms with Crippen LogP contribution in [0.4, 0.5) is 5.69 Å². The molecule has 0 aromatic heterocycles. The first-order valence-electron chi connectivity index (χ1n) is 5.06. The molecule has 3 nitrogen and oxygen atoms in total. The van der Waals surface area contributed by atoms with Crippen LogP contribution in [0.15, 0.2) is 22.7 Å². The number of anilines is 1. The second kappa shape index (κ2) is 4.86. The Morgan fingerprint density at radius 2 is 2.07 bits per heavy atom. The zero-order valence-electron chi connectivity index (χ0n) is 8.41. The van der Waals surface area contributed by atoms with Gasteiger partial charge in [-0.2, -0.15) is 0 Å². The second-order valence-corrected chi connectivity index (χ2v) is 4.44. The van der Waals surface area contributed by atoms with E-state index < -0.39 is 0 Å². The molecule has 1 aromatic rings. The van der Waals surface area contributed by atoms with Gasteiger partial charge in [0.15, 0.2) is 5.75 Å². The Morgan fingerprint density at radius 3 is 2.73 bits per heavy atom. The second-order valence-electron chi connectivity index (χ2n) is 3.59. The summed E-state index contributed by atoms with van der Waals surface area (Å²) in [6, 6.07) is 5.68. The van der Waals surface area contributed by atoms with Gasteiger partial charge in [0, 0.05) is 12.8 Å². The van der Waals surface area contributed by atoms with Gasteiger partial charge in [0.1, 0.15) is 6.10 Å². The molecule has 0 amide bonds. The summed E-state index contributed by atoms with van der Waals surface area (Å²) in [4.78, 5) is 0. The highest BCUT2D eigenvalue weighted by Crippen LogP contribution is 2.32. The van der Waals surface area contributed by atoms with E-state index in [9.17, 15) is 0 Å². The van der Waals surface area contributed by atoms with E-state index in [2.05, 4.69) is 15.9 Å². The van der Waals surface area contributed by atoms with E-state index in [4.69, 9.17) is 15.2 Å². The first-order chi connectivity index (χ1) is 7.27. The summed E-state index contributed by atoms with van der Waals surface area (Å²) in [5.74, 6) is 0.754. The minimum Gasteiger partial charge on any atom is -0.487 e. The molecule has 4 heteroatoms. The fourth-order valence-corrected chi connectivity index (χ4v) is 2.09. The highest BCUT2D eigenvalue weighted by Gasteiger charge is 2.17. The summed E-state index contributed by atoms with van der Waals surface area (Å²) in [5, 5.41) is 0. The Balaban J connectivity index is 2.09. The number of hydrogen-bond donors (Lipinski definition) is 1. The van der Waals surface area contributed by atoms with Crippen molar-refractivity contribution in [3.63, 3.8) is 0 Å². The minimum atomic E-state index is 0.222. The molecule has 0 aliphatic carbocycles. The van der Waals surface area contributed by atoms with E-state index in [1.807, 2.05) is 18.2 Å². The minimum absolute atomic E-state index is 0.222. The van der Waals surface area contributed by atoms with Gasteiger partial charge in [-0.15, -0.1) is 0 Å². The summed E-state index contributed by atoms with van der Waals surface area (Å²) in [6.45, 7) is 1.55. The van der Waals surface area contributed by atoms with E-state index in [1.54, 1.807) is 0 Å². The monoisotopic (exact) mass is 271 g/mol. The van der Waals surface area contributed by atoms with Crippen LogP contribution in [0.1, 0.15) is 12.8 Å². The first-order valence-corrected chi connectivity index (χ1v) is 5.85. The Labute approximate surface area is 97.7 Å². The van der Waals surface area contributed by atoms with Gasteiger partial charge < -0.3 is 15.2 Å². The van der Waals surface area contributed by atoms with E-state index in [0.717, 1.165) is 36.3 Å². The van der Waals surface area contributed by atoms with Crippen molar-refractivity contribution in [2.24, 2.45) is 0 Å². The van der Waals surface area contributed by atoms with Gasteiger partial charge in [-0.25, -0.2) is 0 Å². The van der Waals surface area contributed by atoms with Crippen molar-refractivity contribution in [1.82, 2.24) is 0 Å². The third kappa shape index (κ3) is 2.63. The molecule has 0 unspecified atom stereocenters. The van der Waals surface area contributed by atoms with E-state index in [1.165, 1.54) is 0 Å². The predicted octanol–water partition coefficient (Wildman–Crippen LogP) is 2.59. The Morgan fingerprint density at radius 1 is 1.33 bits per heavy atom. The lowest BCUT2D eigenvalue weighted by Gasteiger charge is -2.24. The van der Waals surface area contributed by atoms with Crippen molar-refractivity contribution in [3.05, 3.63) is 22.7 Å². The van der Waals surface area contributed by atoms with Crippen LogP contribution >= 0.6 is 15.9 Å². The van der Waals surface area contributed by atoms with Crippen molar-refractivity contribution < 1.29 is 9.47 Å². The Hall–Kier alpha value is -0.740. The summed E-state index contributed by atoms with van der Waals surface area (Å²) in [6.07, 6.45) is 2.08. The van der Waals surface area contributed by atoms with Crippen molar-refractivity contribution in [2.75, 3.05) is 18.9 Å². The number of halogens is 1. The van der Waals surface area contributed by atoms with Crippen LogP contribution in [-0.2, 0) is 4.74 Å². The normalized spacial score (nSPS) is 17.7. The highest BCUT2D eigenvalue weighted by atomic mass is 79.9. The van der Waals surface area contributed by atoms with Gasteiger partial charge in [-0.05, 0) is 28.1 Å². The smallest absolute Gasteiger partial charge is 0.156 e. The van der Waals surface area contributed by atoms with Gasteiger partial charge in [-0.3, -0.25) is 0 Å². The van der Waals surface area contributed by atoms with Gasteiger partial charge in [-0.1, -0.05) is 6.07 Å². The lowest BCUT2D eigenvalue weighted by atomic mass is 10.1. The van der Waals surface area contributed by atoms with Crippen molar-refractivity contribution >= 4 is 21.6 Å². The maximum Gasteiger partial charge on any atom is 0.156 e. The number of nitrogen functional groups attached to an aromatic ring is 1. The number of hydrogen-bond acceptors (Lipinski definition) is 3. The molecule has 1 heterocycles. The van der Waals surface area contributed by atoms with Crippen LogP contribution in [0.3, 0.4) is 0 Å². The molecule has 1 aliphatic heterocycles. The fourth-order valence-electron chi connectivity index (χ4n) is 1.61. The van der Waals surface area contributed by atoms with Crippen LogP contribution < -0.4 is 10.5 Å². The average molecular weight is 272 g/mol. The Bertz CT molecular complexity index is 317. The molecule has 1 aliphatic rings. The zero-order chi connectivity index (χ0) is 10.7. The average Bonchev–Trinajstić information content (AvgIpc) is 2.25. The summed E-state index contributed by atoms with van der Waals surface area (Å²) in [5.41, 5.74) is 6.53. The quantitative estimate of drug-likeness (QED) is 0.841. The van der Waals surface area contributed by atoms with Crippen LogP contribution in [0.2, 0.25) is 0 Å². The lowest BCUT2D eigenvalue weighted by molar-refractivity contribution is 0.0256. The molecule has 2 N–H and O–H groups in total. The van der Waals surface area contributed by atoms with E-state index in [0.29, 0.717) is 5.69 Å². The summed E-state index contributed by atoms with van der Waals surface area (Å²) < 4.78 is 12.1. The largest absolute Gasteiger partial charge is 0.487 e. The molecule has 1 fully saturated rings. The molecule has 0 atom stereocenters. The number of rotatable bonds is 2. The van der Waals surface area contributed by atoms with Crippen LogP contribution in [-0.4, -0.2) is 19.3 Å². The number of ether oxygens (including phenoxy) is 2. The number of benzene rings is 1. The third-order valence-electron chi connectivity index (χ3n) is 2.45. The van der Waals surface area contributed by atoms with Crippen molar-refractivity contribution in [3.8, 4) is 5.75 Å². The zero-order valence-corrected chi connectivity index (χ0v) is 10.00. The number of para-hydroxylation sites is 1. The molecule has 0 radical (unpaired) electrons. The fraction of sp³-hybridized carbons (Fsp3) is 0.455. The van der Waals surface area contributed by atoms with E-state index in [-0.39, 0.29) is 6.10 Å². The molecule has 2 rings (SSSR count). The number of nitrogens with two attached hydrogens (primary N) is 1. The summed E-state index contributed by atoms with van der Waals surface area (Å²) >= 11 is 3.44. The van der Waals surface area contributed by atoms with Crippen molar-refractivity contribution in [1.29, 1.82) is 0 Å². The molecule has 1 saturated heterocycles. The molecule has 0 saturated carbocycles. The van der Waals surface area contributed by atoms with Gasteiger partial charge >= 0.3 is 0 Å². The maximum atomic E-state index is 5.86. The van der Waals surface area contributed by atoms with Crippen LogP contribution in [0, 0.1) is 0 Å². The lowest BCUT2D eigenvalue weighted by Crippen LogP contribution is -2.26. The standard InChI is InChI=1S/C11H14BrNO2/c12-9-2-1-3-10(13)11(9)15-8-4-6-14-7-5-8/h1-3,8H,4-7,13H2. The van der Waals surface area contributed by atoms with Crippen LogP contribution in [0.25, 0.3) is 0 Å². The molecule has 82 valence electrons. The van der Waals surface area contributed by atoms with Gasteiger partial charge in [0.05, 0.1) is 23.4 Å². The van der Waals surface area contributed by atoms with Crippen LogP contribution in [0.5, 0.6) is 5.75 Å². The third-order valence-corrected chi connectivity index (χ3v) is 3.07. The molecule has 0 bridgehead atoms. The molecule has 1 aromatic carbocycles.